The number of nitrogens with one attached hydrogen (secondary N) is 1. The maximum absolute atomic E-state index is 14.9. The molecule has 0 spiro atoms. The van der Waals surface area contributed by atoms with Gasteiger partial charge in [-0.2, -0.15) is 0 Å². The molecule has 8 heteroatoms. The van der Waals surface area contributed by atoms with Crippen LogP contribution in [0.25, 0.3) is 10.9 Å². The number of amides is 2. The van der Waals surface area contributed by atoms with Crippen molar-refractivity contribution in [1.29, 1.82) is 0 Å². The zero-order valence-electron chi connectivity index (χ0n) is 20.8. The van der Waals surface area contributed by atoms with Gasteiger partial charge in [-0.05, 0) is 69.1 Å². The summed E-state index contributed by atoms with van der Waals surface area (Å²) in [7, 11) is 0. The number of carbonyl (C=O) groups excluding carboxylic acids is 2. The fourth-order valence-corrected chi connectivity index (χ4v) is 5.20. The molecular weight excluding hydrogens is 471 g/mol. The molecule has 1 aromatic heterocycles. The summed E-state index contributed by atoms with van der Waals surface area (Å²) in [4.78, 5) is 44.5. The first-order valence-electron chi connectivity index (χ1n) is 12.8. The summed E-state index contributed by atoms with van der Waals surface area (Å²) in [5.41, 5.74) is 1.62. The summed E-state index contributed by atoms with van der Waals surface area (Å²) in [6.07, 6.45) is 5.23. The Morgan fingerprint density at radius 2 is 1.78 bits per heavy atom. The van der Waals surface area contributed by atoms with Gasteiger partial charge in [0.1, 0.15) is 17.7 Å². The number of halogens is 1. The molecule has 1 unspecified atom stereocenters. The van der Waals surface area contributed by atoms with Gasteiger partial charge in [-0.15, -0.1) is 0 Å². The Hall–Kier alpha value is -3.83. The van der Waals surface area contributed by atoms with Crippen molar-refractivity contribution >= 4 is 22.7 Å². The lowest BCUT2D eigenvalue weighted by Gasteiger charge is -2.24. The van der Waals surface area contributed by atoms with Gasteiger partial charge in [0.05, 0.1) is 16.5 Å². The third-order valence-corrected chi connectivity index (χ3v) is 7.10. The molecule has 2 aromatic carbocycles. The van der Waals surface area contributed by atoms with Crippen molar-refractivity contribution in [2.24, 2.45) is 0 Å². The number of imide groups is 1. The zero-order valence-corrected chi connectivity index (χ0v) is 20.8. The highest BCUT2D eigenvalue weighted by Crippen LogP contribution is 2.21. The van der Waals surface area contributed by atoms with Crippen LogP contribution < -0.4 is 10.9 Å². The minimum atomic E-state index is -0.822. The maximum atomic E-state index is 14.9. The van der Waals surface area contributed by atoms with Gasteiger partial charge in [0.2, 0.25) is 11.8 Å². The van der Waals surface area contributed by atoms with Crippen molar-refractivity contribution in [3.05, 3.63) is 75.1 Å². The highest BCUT2D eigenvalue weighted by molar-refractivity contribution is 5.99. The molecule has 2 aliphatic rings. The topological polar surface area (TPSA) is 84.3 Å². The van der Waals surface area contributed by atoms with Gasteiger partial charge >= 0.3 is 0 Å². The summed E-state index contributed by atoms with van der Waals surface area (Å²) >= 11 is 0. The number of rotatable bonds is 3. The quantitative estimate of drug-likeness (QED) is 0.439. The Morgan fingerprint density at radius 1 is 1.03 bits per heavy atom. The molecule has 2 aliphatic heterocycles. The number of fused-ring (bicyclic) bond motifs is 1. The van der Waals surface area contributed by atoms with Crippen LogP contribution in [0.1, 0.15) is 67.1 Å². The second-order valence-electron chi connectivity index (χ2n) is 9.76. The van der Waals surface area contributed by atoms with E-state index in [4.69, 9.17) is 0 Å². The third-order valence-electron chi connectivity index (χ3n) is 7.10. The monoisotopic (exact) mass is 500 g/mol. The highest BCUT2D eigenvalue weighted by Gasteiger charge is 2.30. The average Bonchev–Trinajstić information content (AvgIpc) is 3.13. The van der Waals surface area contributed by atoms with E-state index >= 15 is 0 Å². The fourth-order valence-electron chi connectivity index (χ4n) is 5.20. The predicted molar refractivity (Wildman–Crippen MR) is 138 cm³/mol. The summed E-state index contributed by atoms with van der Waals surface area (Å²) in [5, 5.41) is 2.56. The molecule has 2 amide bonds. The number of hydrogen-bond acceptors (Lipinski definition) is 5. The number of likely N-dealkylation sites (tertiary alicyclic amines) is 1. The summed E-state index contributed by atoms with van der Waals surface area (Å²) in [6.45, 7) is 4.45. The Morgan fingerprint density at radius 3 is 2.51 bits per heavy atom. The number of piperidine rings is 1. The smallest absolute Gasteiger partial charge is 0.263 e. The largest absolute Gasteiger partial charge is 0.299 e. The van der Waals surface area contributed by atoms with Gasteiger partial charge in [-0.25, -0.2) is 9.37 Å². The molecule has 3 aromatic rings. The van der Waals surface area contributed by atoms with E-state index in [1.807, 2.05) is 6.07 Å². The summed E-state index contributed by atoms with van der Waals surface area (Å²) < 4.78 is 16.3. The third kappa shape index (κ3) is 5.32. The molecule has 7 nitrogen and oxygen atoms in total. The summed E-state index contributed by atoms with van der Waals surface area (Å²) in [5.74, 6) is 4.94. The van der Waals surface area contributed by atoms with Crippen LogP contribution >= 0.6 is 0 Å². The SMILES string of the molecule is Cc1nc2cccc(C#Cc3ccc(CN4CCCCCC4)cc3F)c2c(=O)n1C1CCC(=O)NC1=O. The molecule has 3 heterocycles. The first-order valence-corrected chi connectivity index (χ1v) is 12.8. The molecule has 0 bridgehead atoms. The van der Waals surface area contributed by atoms with Gasteiger partial charge in [-0.1, -0.05) is 36.8 Å². The molecule has 0 saturated carbocycles. The van der Waals surface area contributed by atoms with Crippen LogP contribution in [-0.2, 0) is 16.1 Å². The molecule has 1 N–H and O–H groups in total. The lowest BCUT2D eigenvalue weighted by molar-refractivity contribution is -0.135. The van der Waals surface area contributed by atoms with Crippen LogP contribution in [0.3, 0.4) is 0 Å². The Labute approximate surface area is 214 Å². The van der Waals surface area contributed by atoms with Gasteiger partial charge < -0.3 is 0 Å². The second-order valence-corrected chi connectivity index (χ2v) is 9.76. The van der Waals surface area contributed by atoms with Crippen LogP contribution in [0, 0.1) is 24.6 Å². The number of aryl methyl sites for hydroxylation is 1. The van der Waals surface area contributed by atoms with Crippen molar-refractivity contribution in [2.75, 3.05) is 13.1 Å². The van der Waals surface area contributed by atoms with Gasteiger partial charge in [-0.3, -0.25) is 29.2 Å². The Bertz CT molecular complexity index is 1490. The average molecular weight is 501 g/mol. The molecule has 2 fully saturated rings. The van der Waals surface area contributed by atoms with Crippen LogP contribution in [0.15, 0.2) is 41.2 Å². The molecular formula is C29H29FN4O3. The van der Waals surface area contributed by atoms with Gasteiger partial charge in [0.25, 0.3) is 5.56 Å². The van der Waals surface area contributed by atoms with Gasteiger partial charge in [0.15, 0.2) is 0 Å². The maximum Gasteiger partial charge on any atom is 0.263 e. The van der Waals surface area contributed by atoms with E-state index in [1.54, 1.807) is 37.3 Å². The molecule has 1 atom stereocenters. The minimum Gasteiger partial charge on any atom is -0.299 e. The first-order chi connectivity index (χ1) is 17.9. The van der Waals surface area contributed by atoms with Crippen LogP contribution in [0.4, 0.5) is 4.39 Å². The molecule has 0 radical (unpaired) electrons. The van der Waals surface area contributed by atoms with Crippen molar-refractivity contribution < 1.29 is 14.0 Å². The number of benzene rings is 2. The van der Waals surface area contributed by atoms with Crippen LogP contribution in [0.5, 0.6) is 0 Å². The van der Waals surface area contributed by atoms with Crippen molar-refractivity contribution in [1.82, 2.24) is 19.8 Å². The Kier molecular flexibility index (Phi) is 7.15. The van der Waals surface area contributed by atoms with Crippen molar-refractivity contribution in [3.63, 3.8) is 0 Å². The van der Waals surface area contributed by atoms with E-state index in [-0.39, 0.29) is 29.7 Å². The highest BCUT2D eigenvalue weighted by atomic mass is 19.1. The number of aromatic nitrogens is 2. The van der Waals surface area contributed by atoms with Crippen molar-refractivity contribution in [2.45, 2.75) is 58.0 Å². The molecule has 2 saturated heterocycles. The molecule has 37 heavy (non-hydrogen) atoms. The molecule has 0 aliphatic carbocycles. The zero-order chi connectivity index (χ0) is 25.9. The fraction of sp³-hybridized carbons (Fsp3) is 0.379. The number of nitrogens with zero attached hydrogens (tertiary/aromatic N) is 3. The van der Waals surface area contributed by atoms with Crippen LogP contribution in [0.2, 0.25) is 0 Å². The second kappa shape index (κ2) is 10.7. The number of hydrogen-bond donors (Lipinski definition) is 1. The number of carbonyl (C=O) groups is 2. The first kappa shape index (κ1) is 24.8. The van der Waals surface area contributed by atoms with E-state index in [0.717, 1.165) is 25.2 Å². The van der Waals surface area contributed by atoms with E-state index in [0.29, 0.717) is 16.9 Å². The lowest BCUT2D eigenvalue weighted by atomic mass is 10.0. The lowest BCUT2D eigenvalue weighted by Crippen LogP contribution is -2.45. The predicted octanol–water partition coefficient (Wildman–Crippen LogP) is 3.60. The van der Waals surface area contributed by atoms with Gasteiger partial charge in [0, 0.05) is 18.5 Å². The summed E-state index contributed by atoms with van der Waals surface area (Å²) in [6, 6.07) is 9.45. The van der Waals surface area contributed by atoms with E-state index < -0.39 is 23.3 Å². The minimum absolute atomic E-state index is 0.148. The van der Waals surface area contributed by atoms with Crippen molar-refractivity contribution in [3.8, 4) is 11.8 Å². The molecule has 5 rings (SSSR count). The van der Waals surface area contributed by atoms with E-state index in [1.165, 1.54) is 30.3 Å². The normalized spacial score (nSPS) is 18.7. The Balaban J connectivity index is 1.46. The van der Waals surface area contributed by atoms with E-state index in [2.05, 4.69) is 27.0 Å². The standard InChI is InChI=1S/C29H29FN4O3/c1-19-31-24-8-6-7-22(27(24)29(37)34(19)25-13-14-26(35)32-28(25)36)12-11-21-10-9-20(17-23(21)30)18-33-15-4-2-3-5-16-33/h6-10,17,25H,2-5,13-16,18H2,1H3,(H,32,35,36). The van der Waals surface area contributed by atoms with Crippen LogP contribution in [-0.4, -0.2) is 39.4 Å². The van der Waals surface area contributed by atoms with E-state index in [9.17, 15) is 18.8 Å². The molecule has 190 valence electrons.